The van der Waals surface area contributed by atoms with Crippen LogP contribution < -0.4 is 5.32 Å². The molecule has 2 aromatic rings. The maximum absolute atomic E-state index is 12.6. The summed E-state index contributed by atoms with van der Waals surface area (Å²) in [7, 11) is 1.84. The number of rotatable bonds is 6. The van der Waals surface area contributed by atoms with Crippen LogP contribution in [0.4, 0.5) is 5.69 Å². The standard InChI is InChI=1S/C23H29N3O2/c1-18-10-12-19(13-11-18)15-25(2)22(27)17-26-14-6-7-20(16-26)23(28)24-21-8-4-3-5-9-21/h3-5,8-13,20H,6-7,14-17H2,1-2H3,(H,24,28)/t20-/m1/s1. The topological polar surface area (TPSA) is 52.7 Å². The molecule has 0 spiro atoms. The Labute approximate surface area is 167 Å². The molecule has 0 bridgehead atoms. The molecule has 0 aromatic heterocycles. The van der Waals surface area contributed by atoms with Gasteiger partial charge in [0, 0.05) is 25.8 Å². The predicted molar refractivity (Wildman–Crippen MR) is 112 cm³/mol. The van der Waals surface area contributed by atoms with Gasteiger partial charge in [-0.25, -0.2) is 0 Å². The van der Waals surface area contributed by atoms with E-state index in [0.717, 1.165) is 30.6 Å². The van der Waals surface area contributed by atoms with Crippen molar-refractivity contribution in [2.75, 3.05) is 32.0 Å². The lowest BCUT2D eigenvalue weighted by molar-refractivity contribution is -0.133. The smallest absolute Gasteiger partial charge is 0.236 e. The minimum atomic E-state index is -0.0795. The molecule has 1 aliphatic rings. The molecule has 2 aromatic carbocycles. The van der Waals surface area contributed by atoms with Gasteiger partial charge in [-0.05, 0) is 44.0 Å². The van der Waals surface area contributed by atoms with Crippen LogP contribution >= 0.6 is 0 Å². The molecular weight excluding hydrogens is 350 g/mol. The maximum Gasteiger partial charge on any atom is 0.236 e. The Morgan fingerprint density at radius 1 is 1.11 bits per heavy atom. The van der Waals surface area contributed by atoms with Gasteiger partial charge >= 0.3 is 0 Å². The summed E-state index contributed by atoms with van der Waals surface area (Å²) in [5, 5.41) is 2.98. The Bertz CT molecular complexity index is 789. The Kier molecular flexibility index (Phi) is 6.82. The van der Waals surface area contributed by atoms with Gasteiger partial charge in [0.2, 0.25) is 11.8 Å². The number of nitrogens with one attached hydrogen (secondary N) is 1. The summed E-state index contributed by atoms with van der Waals surface area (Å²) >= 11 is 0. The van der Waals surface area contributed by atoms with Gasteiger partial charge in [-0.15, -0.1) is 0 Å². The van der Waals surface area contributed by atoms with Crippen LogP contribution in [0.2, 0.25) is 0 Å². The average Bonchev–Trinajstić information content (AvgIpc) is 2.70. The molecule has 5 nitrogen and oxygen atoms in total. The number of carbonyl (C=O) groups is 2. The number of amides is 2. The molecule has 1 fully saturated rings. The van der Waals surface area contributed by atoms with Gasteiger partial charge in [0.15, 0.2) is 0 Å². The van der Waals surface area contributed by atoms with E-state index >= 15 is 0 Å². The summed E-state index contributed by atoms with van der Waals surface area (Å²) < 4.78 is 0. The monoisotopic (exact) mass is 379 g/mol. The molecule has 28 heavy (non-hydrogen) atoms. The highest BCUT2D eigenvalue weighted by molar-refractivity contribution is 5.92. The van der Waals surface area contributed by atoms with E-state index in [1.165, 1.54) is 5.56 Å². The quantitative estimate of drug-likeness (QED) is 0.838. The van der Waals surface area contributed by atoms with Gasteiger partial charge in [0.05, 0.1) is 12.5 Å². The van der Waals surface area contributed by atoms with E-state index in [4.69, 9.17) is 0 Å². The molecule has 0 saturated carbocycles. The van der Waals surface area contributed by atoms with Gasteiger partial charge < -0.3 is 10.2 Å². The van der Waals surface area contributed by atoms with E-state index in [2.05, 4.69) is 41.4 Å². The van der Waals surface area contributed by atoms with E-state index < -0.39 is 0 Å². The molecule has 1 aliphatic heterocycles. The summed E-state index contributed by atoms with van der Waals surface area (Å²) in [5.41, 5.74) is 3.16. The third-order valence-corrected chi connectivity index (χ3v) is 5.24. The van der Waals surface area contributed by atoms with Crippen molar-refractivity contribution in [3.63, 3.8) is 0 Å². The first kappa shape index (κ1) is 20.1. The molecule has 1 N–H and O–H groups in total. The first-order chi connectivity index (χ1) is 13.5. The molecule has 0 radical (unpaired) electrons. The second-order valence-electron chi connectivity index (χ2n) is 7.66. The Hall–Kier alpha value is -2.66. The molecule has 148 valence electrons. The van der Waals surface area contributed by atoms with Crippen LogP contribution in [0.5, 0.6) is 0 Å². The summed E-state index contributed by atoms with van der Waals surface area (Å²) in [4.78, 5) is 29.1. The van der Waals surface area contributed by atoms with Crippen LogP contribution in [-0.4, -0.2) is 48.3 Å². The highest BCUT2D eigenvalue weighted by Crippen LogP contribution is 2.19. The minimum Gasteiger partial charge on any atom is -0.340 e. The van der Waals surface area contributed by atoms with Gasteiger partial charge in [-0.1, -0.05) is 48.0 Å². The van der Waals surface area contributed by atoms with Gasteiger partial charge in [-0.2, -0.15) is 0 Å². The van der Waals surface area contributed by atoms with E-state index in [0.29, 0.717) is 19.6 Å². The van der Waals surface area contributed by atoms with Crippen molar-refractivity contribution in [2.24, 2.45) is 5.92 Å². The largest absolute Gasteiger partial charge is 0.340 e. The number of carbonyl (C=O) groups excluding carboxylic acids is 2. The Morgan fingerprint density at radius 2 is 1.82 bits per heavy atom. The van der Waals surface area contributed by atoms with Crippen LogP contribution in [-0.2, 0) is 16.1 Å². The first-order valence-corrected chi connectivity index (χ1v) is 9.89. The molecule has 1 heterocycles. The van der Waals surface area contributed by atoms with Crippen LogP contribution in [0.25, 0.3) is 0 Å². The Balaban J connectivity index is 1.50. The summed E-state index contributed by atoms with van der Waals surface area (Å²) in [6.07, 6.45) is 1.80. The lowest BCUT2D eigenvalue weighted by Gasteiger charge is -2.32. The van der Waals surface area contributed by atoms with Crippen molar-refractivity contribution in [3.8, 4) is 0 Å². The van der Waals surface area contributed by atoms with Crippen molar-refractivity contribution in [1.29, 1.82) is 0 Å². The highest BCUT2D eigenvalue weighted by atomic mass is 16.2. The van der Waals surface area contributed by atoms with Crippen molar-refractivity contribution < 1.29 is 9.59 Å². The van der Waals surface area contributed by atoms with Crippen molar-refractivity contribution in [2.45, 2.75) is 26.3 Å². The van der Waals surface area contributed by atoms with Crippen LogP contribution in [0, 0.1) is 12.8 Å². The number of likely N-dealkylation sites (N-methyl/N-ethyl adjacent to an activating group) is 1. The maximum atomic E-state index is 12.6. The van der Waals surface area contributed by atoms with Crippen molar-refractivity contribution in [3.05, 3.63) is 65.7 Å². The average molecular weight is 380 g/mol. The van der Waals surface area contributed by atoms with Crippen LogP contribution in [0.3, 0.4) is 0 Å². The summed E-state index contributed by atoms with van der Waals surface area (Å²) in [6.45, 7) is 4.50. The van der Waals surface area contributed by atoms with Gasteiger partial charge in [0.25, 0.3) is 0 Å². The molecule has 0 aliphatic carbocycles. The number of benzene rings is 2. The minimum absolute atomic E-state index is 0.0383. The third kappa shape index (κ3) is 5.67. The van der Waals surface area contributed by atoms with Crippen LogP contribution in [0.1, 0.15) is 24.0 Å². The lowest BCUT2D eigenvalue weighted by Crippen LogP contribution is -2.45. The molecule has 5 heteroatoms. The number of anilines is 1. The van der Waals surface area contributed by atoms with Crippen molar-refractivity contribution >= 4 is 17.5 Å². The van der Waals surface area contributed by atoms with E-state index in [9.17, 15) is 9.59 Å². The lowest BCUT2D eigenvalue weighted by atomic mass is 9.97. The Morgan fingerprint density at radius 3 is 2.54 bits per heavy atom. The number of hydrogen-bond donors (Lipinski definition) is 1. The first-order valence-electron chi connectivity index (χ1n) is 9.89. The summed E-state index contributed by atoms with van der Waals surface area (Å²) in [5.74, 6) is 0.0465. The summed E-state index contributed by atoms with van der Waals surface area (Å²) in [6, 6.07) is 17.8. The predicted octanol–water partition coefficient (Wildman–Crippen LogP) is 3.30. The van der Waals surface area contributed by atoms with E-state index in [-0.39, 0.29) is 17.7 Å². The van der Waals surface area contributed by atoms with Crippen molar-refractivity contribution in [1.82, 2.24) is 9.80 Å². The second-order valence-corrected chi connectivity index (χ2v) is 7.66. The highest BCUT2D eigenvalue weighted by Gasteiger charge is 2.27. The number of para-hydroxylation sites is 1. The molecule has 3 rings (SSSR count). The molecule has 1 atom stereocenters. The molecular formula is C23H29N3O2. The number of likely N-dealkylation sites (tertiary alicyclic amines) is 1. The molecule has 1 saturated heterocycles. The zero-order valence-corrected chi connectivity index (χ0v) is 16.7. The third-order valence-electron chi connectivity index (χ3n) is 5.24. The zero-order chi connectivity index (χ0) is 19.9. The normalized spacial score (nSPS) is 17.1. The number of piperidine rings is 1. The number of nitrogens with zero attached hydrogens (tertiary/aromatic N) is 2. The fraction of sp³-hybridized carbons (Fsp3) is 0.391. The SMILES string of the molecule is Cc1ccc(CN(C)C(=O)CN2CCC[C@@H](C(=O)Nc3ccccc3)C2)cc1. The van der Waals surface area contributed by atoms with Gasteiger partial charge in [-0.3, -0.25) is 14.5 Å². The van der Waals surface area contributed by atoms with Gasteiger partial charge in [0.1, 0.15) is 0 Å². The number of hydrogen-bond acceptors (Lipinski definition) is 3. The number of aryl methyl sites for hydroxylation is 1. The fourth-order valence-corrected chi connectivity index (χ4v) is 3.55. The fourth-order valence-electron chi connectivity index (χ4n) is 3.55. The second kappa shape index (κ2) is 9.51. The van der Waals surface area contributed by atoms with E-state index in [1.807, 2.05) is 37.4 Å². The zero-order valence-electron chi connectivity index (χ0n) is 16.7. The van der Waals surface area contributed by atoms with Crippen LogP contribution in [0.15, 0.2) is 54.6 Å². The molecule has 0 unspecified atom stereocenters. The van der Waals surface area contributed by atoms with E-state index in [1.54, 1.807) is 4.90 Å². The molecule has 2 amide bonds.